The van der Waals surface area contributed by atoms with Gasteiger partial charge in [0.2, 0.25) is 0 Å². The standard InChI is InChI=1S/C26H19BrCl2N2O3/c1-33-24-13-19-5-3-2-4-18(19)12-21(24)26(32)31-30-14-17-10-22(28)25(23(29)11-17)34-15-16-6-8-20(27)9-7-16/h2-14H,15H2,1H3,(H,31,32)/b30-14-. The van der Waals surface area contributed by atoms with Gasteiger partial charge >= 0.3 is 0 Å². The van der Waals surface area contributed by atoms with Gasteiger partial charge in [0.25, 0.3) is 5.91 Å². The molecule has 0 saturated heterocycles. The Hall–Kier alpha value is -3.06. The lowest BCUT2D eigenvalue weighted by Crippen LogP contribution is -2.18. The summed E-state index contributed by atoms with van der Waals surface area (Å²) in [5.74, 6) is 0.448. The van der Waals surface area contributed by atoms with E-state index in [1.165, 1.54) is 13.3 Å². The van der Waals surface area contributed by atoms with Gasteiger partial charge in [-0.15, -0.1) is 0 Å². The first kappa shape index (κ1) is 24.1. The van der Waals surface area contributed by atoms with E-state index in [9.17, 15) is 4.79 Å². The highest BCUT2D eigenvalue weighted by molar-refractivity contribution is 9.10. The van der Waals surface area contributed by atoms with E-state index in [2.05, 4.69) is 26.5 Å². The third kappa shape index (κ3) is 5.70. The molecule has 8 heteroatoms. The summed E-state index contributed by atoms with van der Waals surface area (Å²) in [5.41, 5.74) is 4.49. The minimum absolute atomic E-state index is 0.323. The summed E-state index contributed by atoms with van der Waals surface area (Å²) >= 11 is 16.2. The SMILES string of the molecule is COc1cc2ccccc2cc1C(=O)N/N=C\c1cc(Cl)c(OCc2ccc(Br)cc2)c(Cl)c1. The number of rotatable bonds is 7. The number of methoxy groups -OCH3 is 1. The van der Waals surface area contributed by atoms with Gasteiger partial charge in [-0.3, -0.25) is 4.79 Å². The van der Waals surface area contributed by atoms with Gasteiger partial charge in [-0.2, -0.15) is 5.10 Å². The van der Waals surface area contributed by atoms with E-state index in [4.69, 9.17) is 32.7 Å². The number of carbonyl (C=O) groups excluding carboxylic acids is 1. The molecule has 0 aliphatic heterocycles. The van der Waals surface area contributed by atoms with Crippen molar-refractivity contribution >= 4 is 62.0 Å². The molecule has 0 bridgehead atoms. The second-order valence-electron chi connectivity index (χ2n) is 7.33. The maximum Gasteiger partial charge on any atom is 0.275 e. The molecule has 0 spiro atoms. The molecular formula is C26H19BrCl2N2O3. The Bertz CT molecular complexity index is 1350. The number of hydrogen-bond donors (Lipinski definition) is 1. The van der Waals surface area contributed by atoms with E-state index in [0.717, 1.165) is 20.8 Å². The van der Waals surface area contributed by atoms with Crippen LogP contribution in [-0.4, -0.2) is 19.2 Å². The summed E-state index contributed by atoms with van der Waals surface area (Å²) < 4.78 is 12.2. The zero-order valence-electron chi connectivity index (χ0n) is 18.0. The lowest BCUT2D eigenvalue weighted by molar-refractivity contribution is 0.0952. The molecule has 0 aromatic heterocycles. The third-order valence-electron chi connectivity index (χ3n) is 5.01. The lowest BCUT2D eigenvalue weighted by atomic mass is 10.1. The van der Waals surface area contributed by atoms with Crippen LogP contribution in [0, 0.1) is 0 Å². The monoisotopic (exact) mass is 556 g/mol. The number of nitrogens with one attached hydrogen (secondary N) is 1. The molecule has 0 heterocycles. The largest absolute Gasteiger partial charge is 0.496 e. The molecule has 0 aliphatic carbocycles. The normalized spacial score (nSPS) is 11.1. The van der Waals surface area contributed by atoms with Crippen molar-refractivity contribution in [3.8, 4) is 11.5 Å². The van der Waals surface area contributed by atoms with Crippen molar-refractivity contribution in [2.75, 3.05) is 7.11 Å². The molecule has 4 aromatic carbocycles. The Morgan fingerprint density at radius 2 is 1.65 bits per heavy atom. The Labute approximate surface area is 215 Å². The zero-order valence-corrected chi connectivity index (χ0v) is 21.1. The van der Waals surface area contributed by atoms with Gasteiger partial charge in [-0.05, 0) is 58.3 Å². The Morgan fingerprint density at radius 3 is 2.29 bits per heavy atom. The summed E-state index contributed by atoms with van der Waals surface area (Å²) in [6, 6.07) is 22.4. The average molecular weight is 558 g/mol. The average Bonchev–Trinajstić information content (AvgIpc) is 2.83. The Kier molecular flexibility index (Phi) is 7.73. The quantitative estimate of drug-likeness (QED) is 0.192. The highest BCUT2D eigenvalue weighted by Crippen LogP contribution is 2.34. The van der Waals surface area contributed by atoms with Crippen LogP contribution in [0.2, 0.25) is 10.0 Å². The predicted molar refractivity (Wildman–Crippen MR) is 140 cm³/mol. The van der Waals surface area contributed by atoms with Crippen LogP contribution in [0.25, 0.3) is 10.8 Å². The van der Waals surface area contributed by atoms with Gasteiger partial charge in [-0.25, -0.2) is 5.43 Å². The second-order valence-corrected chi connectivity index (χ2v) is 9.06. The van der Waals surface area contributed by atoms with Crippen molar-refractivity contribution in [2.24, 2.45) is 5.10 Å². The minimum Gasteiger partial charge on any atom is -0.496 e. The van der Waals surface area contributed by atoms with Crippen LogP contribution in [0.15, 0.2) is 82.4 Å². The summed E-state index contributed by atoms with van der Waals surface area (Å²) in [4.78, 5) is 12.7. The summed E-state index contributed by atoms with van der Waals surface area (Å²) in [6.07, 6.45) is 1.46. The summed E-state index contributed by atoms with van der Waals surface area (Å²) in [5, 5.41) is 6.63. The fraction of sp³-hybridized carbons (Fsp3) is 0.0769. The molecule has 4 aromatic rings. The van der Waals surface area contributed by atoms with Crippen LogP contribution in [0.4, 0.5) is 0 Å². The van der Waals surface area contributed by atoms with Crippen LogP contribution < -0.4 is 14.9 Å². The lowest BCUT2D eigenvalue weighted by Gasteiger charge is -2.11. The van der Waals surface area contributed by atoms with Gasteiger partial charge in [0.05, 0.1) is 28.9 Å². The molecule has 0 unspecified atom stereocenters. The predicted octanol–water partition coefficient (Wildman–Crippen LogP) is 7.26. The van der Waals surface area contributed by atoms with Crippen molar-refractivity contribution in [2.45, 2.75) is 6.61 Å². The molecular weight excluding hydrogens is 539 g/mol. The molecule has 0 saturated carbocycles. The number of carbonyl (C=O) groups is 1. The van der Waals surface area contributed by atoms with E-state index in [1.807, 2.05) is 54.6 Å². The molecule has 5 nitrogen and oxygen atoms in total. The van der Waals surface area contributed by atoms with Gasteiger partial charge in [-0.1, -0.05) is 75.5 Å². The van der Waals surface area contributed by atoms with E-state index in [1.54, 1.807) is 18.2 Å². The topological polar surface area (TPSA) is 59.9 Å². The molecule has 34 heavy (non-hydrogen) atoms. The maximum atomic E-state index is 12.7. The molecule has 0 aliphatic rings. The fourth-order valence-electron chi connectivity index (χ4n) is 3.32. The number of nitrogens with zero attached hydrogens (tertiary/aromatic N) is 1. The Morgan fingerprint density at radius 1 is 1.00 bits per heavy atom. The van der Waals surface area contributed by atoms with Crippen LogP contribution in [-0.2, 0) is 6.61 Å². The van der Waals surface area contributed by atoms with Gasteiger partial charge < -0.3 is 9.47 Å². The number of hydrazone groups is 1. The first-order valence-corrected chi connectivity index (χ1v) is 11.8. The molecule has 1 N–H and O–H groups in total. The molecule has 1 amide bonds. The van der Waals surface area contributed by atoms with Crippen molar-refractivity contribution in [1.82, 2.24) is 5.43 Å². The molecule has 4 rings (SSSR count). The fourth-order valence-corrected chi connectivity index (χ4v) is 4.20. The van der Waals surface area contributed by atoms with Crippen molar-refractivity contribution in [1.29, 1.82) is 0 Å². The number of ether oxygens (including phenoxy) is 2. The van der Waals surface area contributed by atoms with Crippen LogP contribution in [0.3, 0.4) is 0 Å². The number of benzene rings is 4. The summed E-state index contributed by atoms with van der Waals surface area (Å²) in [6.45, 7) is 0.323. The van der Waals surface area contributed by atoms with E-state index >= 15 is 0 Å². The van der Waals surface area contributed by atoms with Crippen LogP contribution in [0.5, 0.6) is 11.5 Å². The van der Waals surface area contributed by atoms with E-state index in [-0.39, 0.29) is 0 Å². The second kappa shape index (κ2) is 10.9. The first-order chi connectivity index (χ1) is 16.4. The van der Waals surface area contributed by atoms with Crippen molar-refractivity contribution < 1.29 is 14.3 Å². The number of fused-ring (bicyclic) bond motifs is 1. The minimum atomic E-state index is -0.398. The maximum absolute atomic E-state index is 12.7. The number of halogens is 3. The Balaban J connectivity index is 1.45. The summed E-state index contributed by atoms with van der Waals surface area (Å²) in [7, 11) is 1.52. The van der Waals surface area contributed by atoms with Crippen LogP contribution >= 0.6 is 39.1 Å². The first-order valence-electron chi connectivity index (χ1n) is 10.2. The number of hydrogen-bond acceptors (Lipinski definition) is 4. The van der Waals surface area contributed by atoms with E-state index in [0.29, 0.717) is 39.3 Å². The van der Waals surface area contributed by atoms with Crippen molar-refractivity contribution in [3.63, 3.8) is 0 Å². The molecule has 0 fully saturated rings. The van der Waals surface area contributed by atoms with Crippen molar-refractivity contribution in [3.05, 3.63) is 104 Å². The van der Waals surface area contributed by atoms with Gasteiger partial charge in [0.1, 0.15) is 12.4 Å². The highest BCUT2D eigenvalue weighted by Gasteiger charge is 2.14. The zero-order chi connectivity index (χ0) is 24.1. The third-order valence-corrected chi connectivity index (χ3v) is 6.10. The van der Waals surface area contributed by atoms with Gasteiger partial charge in [0, 0.05) is 4.47 Å². The van der Waals surface area contributed by atoms with Gasteiger partial charge in [0.15, 0.2) is 5.75 Å². The van der Waals surface area contributed by atoms with E-state index < -0.39 is 5.91 Å². The molecule has 0 radical (unpaired) electrons. The smallest absolute Gasteiger partial charge is 0.275 e. The molecule has 0 atom stereocenters. The molecule has 172 valence electrons. The number of amides is 1. The van der Waals surface area contributed by atoms with Crippen LogP contribution in [0.1, 0.15) is 21.5 Å². The highest BCUT2D eigenvalue weighted by atomic mass is 79.9.